The molecule has 168 valence electrons. The number of hydrogen-bond donors (Lipinski definition) is 1. The fourth-order valence-electron chi connectivity index (χ4n) is 4.13. The lowest BCUT2D eigenvalue weighted by atomic mass is 9.83. The molecule has 0 fully saturated rings. The van der Waals surface area contributed by atoms with Crippen molar-refractivity contribution in [2.45, 2.75) is 57.7 Å². The van der Waals surface area contributed by atoms with E-state index in [0.29, 0.717) is 12.2 Å². The van der Waals surface area contributed by atoms with E-state index < -0.39 is 33.4 Å². The van der Waals surface area contributed by atoms with Gasteiger partial charge in [-0.1, -0.05) is 44.2 Å². The zero-order valence-electron chi connectivity index (χ0n) is 18.3. The largest absolute Gasteiger partial charge is 0.487 e. The van der Waals surface area contributed by atoms with Gasteiger partial charge in [-0.05, 0) is 38.0 Å². The van der Waals surface area contributed by atoms with Crippen LogP contribution in [0.2, 0.25) is 0 Å². The first-order valence-corrected chi connectivity index (χ1v) is 12.3. The summed E-state index contributed by atoms with van der Waals surface area (Å²) in [4.78, 5) is 13.2. The van der Waals surface area contributed by atoms with E-state index >= 15 is 0 Å². The highest BCUT2D eigenvalue weighted by Gasteiger charge is 2.40. The molecule has 0 radical (unpaired) electrons. The van der Waals surface area contributed by atoms with Crippen molar-refractivity contribution < 1.29 is 22.3 Å². The number of sulfonamides is 1. The van der Waals surface area contributed by atoms with Crippen LogP contribution in [0.15, 0.2) is 48.5 Å². The van der Waals surface area contributed by atoms with Crippen molar-refractivity contribution in [1.29, 1.82) is 0 Å². The third-order valence-corrected chi connectivity index (χ3v) is 7.21. The zero-order valence-corrected chi connectivity index (χ0v) is 19.1. The van der Waals surface area contributed by atoms with Crippen molar-refractivity contribution in [1.82, 2.24) is 5.32 Å². The van der Waals surface area contributed by atoms with Crippen LogP contribution in [-0.2, 0) is 14.8 Å². The minimum absolute atomic E-state index is 0.156. The van der Waals surface area contributed by atoms with Gasteiger partial charge in [0.15, 0.2) is 0 Å². The van der Waals surface area contributed by atoms with Gasteiger partial charge in [0.05, 0.1) is 18.0 Å². The summed E-state index contributed by atoms with van der Waals surface area (Å²) in [5, 5.41) is 2.99. The Morgan fingerprint density at radius 2 is 1.81 bits per heavy atom. The summed E-state index contributed by atoms with van der Waals surface area (Å²) in [6, 6.07) is 11.6. The van der Waals surface area contributed by atoms with E-state index in [2.05, 4.69) is 5.32 Å². The van der Waals surface area contributed by atoms with Gasteiger partial charge in [-0.25, -0.2) is 12.8 Å². The molecule has 2 aromatic rings. The summed E-state index contributed by atoms with van der Waals surface area (Å²) >= 11 is 0. The summed E-state index contributed by atoms with van der Waals surface area (Å²) in [7, 11) is -3.91. The van der Waals surface area contributed by atoms with Gasteiger partial charge in [0.2, 0.25) is 15.9 Å². The van der Waals surface area contributed by atoms with Crippen LogP contribution in [0.25, 0.3) is 0 Å². The summed E-state index contributed by atoms with van der Waals surface area (Å²) < 4.78 is 46.4. The van der Waals surface area contributed by atoms with Crippen molar-refractivity contribution in [3.63, 3.8) is 0 Å². The molecule has 2 aromatic carbocycles. The number of carbonyl (C=O) groups excluding carboxylic acids is 1. The molecule has 0 saturated carbocycles. The van der Waals surface area contributed by atoms with Crippen LogP contribution in [0.4, 0.5) is 10.1 Å². The Labute approximate surface area is 183 Å². The summed E-state index contributed by atoms with van der Waals surface area (Å²) in [6.45, 7) is 5.55. The van der Waals surface area contributed by atoms with E-state index in [1.54, 1.807) is 0 Å². The molecule has 31 heavy (non-hydrogen) atoms. The molecule has 1 N–H and O–H groups in total. The molecule has 3 rings (SSSR count). The average Bonchev–Trinajstić information content (AvgIpc) is 2.74. The summed E-state index contributed by atoms with van der Waals surface area (Å²) in [5.74, 6) is -0.499. The first kappa shape index (κ1) is 23.1. The molecule has 6 nitrogen and oxygen atoms in total. The highest BCUT2D eigenvalue weighted by atomic mass is 32.2. The molecule has 1 heterocycles. The molecule has 0 saturated heterocycles. The van der Waals surface area contributed by atoms with Crippen LogP contribution in [0.5, 0.6) is 5.75 Å². The van der Waals surface area contributed by atoms with E-state index in [1.807, 2.05) is 38.1 Å². The van der Waals surface area contributed by atoms with Gasteiger partial charge in [0.25, 0.3) is 0 Å². The third-order valence-electron chi connectivity index (χ3n) is 5.98. The van der Waals surface area contributed by atoms with Crippen LogP contribution >= 0.6 is 0 Å². The second-order valence-corrected chi connectivity index (χ2v) is 9.84. The Morgan fingerprint density at radius 3 is 2.42 bits per heavy atom. The van der Waals surface area contributed by atoms with Gasteiger partial charge in [0, 0.05) is 12.0 Å². The van der Waals surface area contributed by atoms with Crippen LogP contribution in [0.1, 0.15) is 51.6 Å². The van der Waals surface area contributed by atoms with E-state index in [-0.39, 0.29) is 11.7 Å². The topological polar surface area (TPSA) is 75.7 Å². The fraction of sp³-hybridized carbons (Fsp3) is 0.435. The lowest BCUT2D eigenvalue weighted by Gasteiger charge is -2.42. The Kier molecular flexibility index (Phi) is 6.59. The Balaban J connectivity index is 1.93. The van der Waals surface area contributed by atoms with Crippen molar-refractivity contribution in [3.05, 3.63) is 59.9 Å². The maximum absolute atomic E-state index is 14.4. The second-order valence-electron chi connectivity index (χ2n) is 7.98. The molecule has 0 unspecified atom stereocenters. The number of halogens is 1. The first-order chi connectivity index (χ1) is 14.6. The second kappa shape index (κ2) is 8.86. The number of amides is 1. The smallest absolute Gasteiger partial charge is 0.244 e. The van der Waals surface area contributed by atoms with Crippen molar-refractivity contribution in [3.8, 4) is 5.75 Å². The lowest BCUT2D eigenvalue weighted by molar-refractivity contribution is -0.123. The SMILES string of the molecule is CCC1(CC)C[C@@H](NC(=O)[C@H](C)N(c2ccccc2F)S(C)(=O)=O)c2ccccc2O1. The average molecular weight is 449 g/mol. The first-order valence-electron chi connectivity index (χ1n) is 10.4. The standard InChI is InChI=1S/C23H29FN2O4S/c1-5-23(6-2)15-19(17-11-7-10-14-21(17)30-23)25-22(27)16(3)26(31(4,28)29)20-13-9-8-12-18(20)24/h7-14,16,19H,5-6,15H2,1-4H3,(H,25,27)/t16-,19+/m0/s1. The monoisotopic (exact) mass is 448 g/mol. The molecule has 0 aliphatic carbocycles. The normalized spacial score (nSPS) is 18.4. The molecule has 1 aliphatic rings. The van der Waals surface area contributed by atoms with Gasteiger partial charge < -0.3 is 10.1 Å². The minimum Gasteiger partial charge on any atom is -0.487 e. The third kappa shape index (κ3) is 4.69. The molecule has 0 aromatic heterocycles. The molecule has 1 amide bonds. The number of hydrogen-bond acceptors (Lipinski definition) is 4. The van der Waals surface area contributed by atoms with Crippen molar-refractivity contribution >= 4 is 21.6 Å². The van der Waals surface area contributed by atoms with Gasteiger partial charge >= 0.3 is 0 Å². The number of carbonyl (C=O) groups is 1. The predicted molar refractivity (Wildman–Crippen MR) is 119 cm³/mol. The number of ether oxygens (including phenoxy) is 1. The maximum atomic E-state index is 14.4. The van der Waals surface area contributed by atoms with Gasteiger partial charge in [-0.3, -0.25) is 9.10 Å². The molecule has 2 atom stereocenters. The summed E-state index contributed by atoms with van der Waals surface area (Å²) in [6.07, 6.45) is 3.06. The van der Waals surface area contributed by atoms with Crippen molar-refractivity contribution in [2.24, 2.45) is 0 Å². The van der Waals surface area contributed by atoms with Crippen molar-refractivity contribution in [2.75, 3.05) is 10.6 Å². The zero-order chi connectivity index (χ0) is 22.8. The molecule has 1 aliphatic heterocycles. The Morgan fingerprint density at radius 1 is 1.19 bits per heavy atom. The lowest BCUT2D eigenvalue weighted by Crippen LogP contribution is -2.51. The highest BCUT2D eigenvalue weighted by Crippen LogP contribution is 2.42. The predicted octanol–water partition coefficient (Wildman–Crippen LogP) is 4.18. The highest BCUT2D eigenvalue weighted by molar-refractivity contribution is 7.92. The Bertz CT molecular complexity index is 1050. The van der Waals surface area contributed by atoms with E-state index in [0.717, 1.165) is 29.0 Å². The quantitative estimate of drug-likeness (QED) is 0.690. The van der Waals surface area contributed by atoms with Gasteiger partial charge in [-0.2, -0.15) is 0 Å². The number of nitrogens with one attached hydrogen (secondary N) is 1. The Hall–Kier alpha value is -2.61. The minimum atomic E-state index is -3.91. The van der Waals surface area contributed by atoms with Crippen LogP contribution in [-0.4, -0.2) is 32.2 Å². The number of nitrogens with zero attached hydrogens (tertiary/aromatic N) is 1. The number of rotatable bonds is 7. The van der Waals surface area contributed by atoms with E-state index in [4.69, 9.17) is 4.74 Å². The molecule has 0 bridgehead atoms. The van der Waals surface area contributed by atoms with Crippen LogP contribution in [0, 0.1) is 5.82 Å². The molecular weight excluding hydrogens is 419 g/mol. The van der Waals surface area contributed by atoms with Gasteiger partial charge in [0.1, 0.15) is 23.2 Å². The van der Waals surface area contributed by atoms with Crippen LogP contribution in [0.3, 0.4) is 0 Å². The maximum Gasteiger partial charge on any atom is 0.244 e. The fourth-order valence-corrected chi connectivity index (χ4v) is 5.31. The summed E-state index contributed by atoms with van der Waals surface area (Å²) in [5.41, 5.74) is 0.270. The van der Waals surface area contributed by atoms with Crippen LogP contribution < -0.4 is 14.4 Å². The number of benzene rings is 2. The number of fused-ring (bicyclic) bond motifs is 1. The number of para-hydroxylation sites is 2. The molecule has 8 heteroatoms. The molecule has 0 spiro atoms. The number of anilines is 1. The van der Waals surface area contributed by atoms with E-state index in [9.17, 15) is 17.6 Å². The van der Waals surface area contributed by atoms with Gasteiger partial charge in [-0.15, -0.1) is 0 Å². The van der Waals surface area contributed by atoms with E-state index in [1.165, 1.54) is 31.2 Å². The molecular formula is C23H29FN2O4S.